The number of carbonyl (C=O) groups excluding carboxylic acids is 2. The van der Waals surface area contributed by atoms with Gasteiger partial charge in [-0.25, -0.2) is 0 Å². The summed E-state index contributed by atoms with van der Waals surface area (Å²) in [5, 5.41) is 4.61. The number of rotatable bonds is 6. The number of amides is 2. The van der Waals surface area contributed by atoms with Gasteiger partial charge >= 0.3 is 6.18 Å². The number of carbonyl (C=O) groups is 2. The molecule has 1 atom stereocenters. The lowest BCUT2D eigenvalue weighted by Crippen LogP contribution is -2.40. The monoisotopic (exact) mass is 525 g/mol. The van der Waals surface area contributed by atoms with Crippen LogP contribution >= 0.6 is 12.4 Å². The zero-order valence-corrected chi connectivity index (χ0v) is 20.7. The molecule has 5 rings (SSSR count). The lowest BCUT2D eigenvalue weighted by molar-refractivity contribution is -0.138. The van der Waals surface area contributed by atoms with Crippen LogP contribution in [0.4, 0.5) is 13.2 Å². The van der Waals surface area contributed by atoms with Crippen molar-refractivity contribution < 1.29 is 22.8 Å². The largest absolute Gasteiger partial charge is 0.416 e. The summed E-state index contributed by atoms with van der Waals surface area (Å²) in [4.78, 5) is 28.6. The Bertz CT molecular complexity index is 1110. The predicted molar refractivity (Wildman–Crippen MR) is 130 cm³/mol. The standard InChI is InChI=1S/C25H30F3N5O2.ClH/c26-25(27,28)20-5-2-1-4-18(20)21-6-3-11-32(21)24(35)19-14-30-33(23(19)16-7-8-16)17-9-12-31(13-10-17)15-22(29)34;/h1-2,4-5,14,16-17,21H,3,6-13,15H2,(H2,29,34);1H. The smallest absolute Gasteiger partial charge is 0.369 e. The molecule has 2 N–H and O–H groups in total. The first-order valence-electron chi connectivity index (χ1n) is 12.3. The topological polar surface area (TPSA) is 84.5 Å². The summed E-state index contributed by atoms with van der Waals surface area (Å²) < 4.78 is 43.0. The van der Waals surface area contributed by atoms with Crippen molar-refractivity contribution in [2.45, 2.75) is 62.7 Å². The summed E-state index contributed by atoms with van der Waals surface area (Å²) in [6, 6.07) is 5.09. The summed E-state index contributed by atoms with van der Waals surface area (Å²) in [6.45, 7) is 2.11. The SMILES string of the molecule is Cl.NC(=O)CN1CCC(n2ncc(C(=O)N3CCCC3c3ccccc3C(F)(F)F)c2C2CC2)CC1. The molecule has 0 spiro atoms. The molecule has 0 radical (unpaired) electrons. The Morgan fingerprint density at radius 2 is 1.72 bits per heavy atom. The van der Waals surface area contributed by atoms with Gasteiger partial charge in [-0.1, -0.05) is 18.2 Å². The molecule has 196 valence electrons. The van der Waals surface area contributed by atoms with E-state index in [-0.39, 0.29) is 48.3 Å². The fraction of sp³-hybridized carbons (Fsp3) is 0.560. The van der Waals surface area contributed by atoms with E-state index in [1.807, 2.05) is 9.58 Å². The van der Waals surface area contributed by atoms with E-state index < -0.39 is 17.8 Å². The van der Waals surface area contributed by atoms with E-state index in [0.717, 1.165) is 50.5 Å². The summed E-state index contributed by atoms with van der Waals surface area (Å²) in [7, 11) is 0. The molecule has 3 heterocycles. The molecule has 11 heteroatoms. The molecule has 2 aromatic rings. The second-order valence-electron chi connectivity index (χ2n) is 9.88. The molecule has 2 aliphatic heterocycles. The third kappa shape index (κ3) is 5.25. The Hall–Kier alpha value is -2.59. The first-order chi connectivity index (χ1) is 16.7. The molecule has 1 saturated carbocycles. The van der Waals surface area contributed by atoms with Crippen LogP contribution < -0.4 is 5.73 Å². The number of alkyl halides is 3. The molecule has 1 aliphatic carbocycles. The average Bonchev–Trinajstić information content (AvgIpc) is 3.37. The Morgan fingerprint density at radius 1 is 1.03 bits per heavy atom. The zero-order chi connectivity index (χ0) is 24.7. The minimum Gasteiger partial charge on any atom is -0.369 e. The average molecular weight is 526 g/mol. The normalized spacial score (nSPS) is 21.4. The number of piperidine rings is 1. The van der Waals surface area contributed by atoms with Crippen molar-refractivity contribution in [1.82, 2.24) is 19.6 Å². The van der Waals surface area contributed by atoms with E-state index in [2.05, 4.69) is 5.10 Å². The Kier molecular flexibility index (Phi) is 7.66. The van der Waals surface area contributed by atoms with E-state index >= 15 is 0 Å². The van der Waals surface area contributed by atoms with Gasteiger partial charge in [0.25, 0.3) is 5.91 Å². The number of likely N-dealkylation sites (tertiary alicyclic amines) is 2. The Labute approximate surface area is 214 Å². The van der Waals surface area contributed by atoms with Crippen molar-refractivity contribution in [2.24, 2.45) is 5.73 Å². The van der Waals surface area contributed by atoms with Crippen LogP contribution in [0.15, 0.2) is 30.5 Å². The molecule has 3 fully saturated rings. The number of hydrogen-bond acceptors (Lipinski definition) is 4. The highest BCUT2D eigenvalue weighted by molar-refractivity contribution is 5.96. The fourth-order valence-electron chi connectivity index (χ4n) is 5.67. The third-order valence-electron chi connectivity index (χ3n) is 7.45. The second kappa shape index (κ2) is 10.4. The lowest BCUT2D eigenvalue weighted by Gasteiger charge is -2.32. The van der Waals surface area contributed by atoms with Crippen molar-refractivity contribution >= 4 is 24.2 Å². The molecule has 1 aromatic heterocycles. The summed E-state index contributed by atoms with van der Waals surface area (Å²) in [5.74, 6) is -0.325. The van der Waals surface area contributed by atoms with Gasteiger partial charge in [0.05, 0.1) is 41.6 Å². The van der Waals surface area contributed by atoms with Crippen LogP contribution in [-0.4, -0.2) is 57.6 Å². The highest BCUT2D eigenvalue weighted by Crippen LogP contribution is 2.45. The van der Waals surface area contributed by atoms with Gasteiger partial charge in [-0.05, 0) is 50.2 Å². The van der Waals surface area contributed by atoms with Crippen LogP contribution in [0.3, 0.4) is 0 Å². The molecule has 1 unspecified atom stereocenters. The minimum atomic E-state index is -4.47. The van der Waals surface area contributed by atoms with Crippen molar-refractivity contribution in [3.63, 3.8) is 0 Å². The molecule has 2 amide bonds. The van der Waals surface area contributed by atoms with Crippen LogP contribution in [-0.2, 0) is 11.0 Å². The lowest BCUT2D eigenvalue weighted by atomic mass is 9.97. The van der Waals surface area contributed by atoms with E-state index in [0.29, 0.717) is 24.9 Å². The van der Waals surface area contributed by atoms with Crippen LogP contribution in [0.2, 0.25) is 0 Å². The summed E-state index contributed by atoms with van der Waals surface area (Å²) in [5.41, 5.74) is 6.24. The fourth-order valence-corrected chi connectivity index (χ4v) is 5.67. The summed E-state index contributed by atoms with van der Waals surface area (Å²) >= 11 is 0. The van der Waals surface area contributed by atoms with Crippen molar-refractivity contribution in [1.29, 1.82) is 0 Å². The number of benzene rings is 1. The second-order valence-corrected chi connectivity index (χ2v) is 9.88. The first-order valence-corrected chi connectivity index (χ1v) is 12.3. The highest BCUT2D eigenvalue weighted by Gasteiger charge is 2.41. The Balaban J connectivity index is 0.00000304. The summed E-state index contributed by atoms with van der Waals surface area (Å²) in [6.07, 6.45) is 1.86. The van der Waals surface area contributed by atoms with Crippen LogP contribution in [0, 0.1) is 0 Å². The van der Waals surface area contributed by atoms with Gasteiger partial charge in [-0.2, -0.15) is 18.3 Å². The Morgan fingerprint density at radius 3 is 2.36 bits per heavy atom. The van der Waals surface area contributed by atoms with Gasteiger partial charge in [-0.15, -0.1) is 12.4 Å². The number of primary amides is 1. The maximum absolute atomic E-state index is 13.7. The van der Waals surface area contributed by atoms with Gasteiger partial charge in [-0.3, -0.25) is 19.2 Å². The number of hydrogen-bond donors (Lipinski definition) is 1. The molecular formula is C25H31ClF3N5O2. The van der Waals surface area contributed by atoms with Gasteiger partial charge in [0, 0.05) is 25.6 Å². The van der Waals surface area contributed by atoms with Crippen LogP contribution in [0.5, 0.6) is 0 Å². The van der Waals surface area contributed by atoms with Gasteiger partial charge in [0.1, 0.15) is 0 Å². The van der Waals surface area contributed by atoms with Crippen LogP contribution in [0.1, 0.15) is 83.7 Å². The number of nitrogens with two attached hydrogens (primary N) is 1. The zero-order valence-electron chi connectivity index (χ0n) is 19.9. The van der Waals surface area contributed by atoms with Gasteiger partial charge in [0.2, 0.25) is 5.91 Å². The van der Waals surface area contributed by atoms with Gasteiger partial charge in [0.15, 0.2) is 0 Å². The third-order valence-corrected chi connectivity index (χ3v) is 7.45. The maximum Gasteiger partial charge on any atom is 0.416 e. The highest BCUT2D eigenvalue weighted by atomic mass is 35.5. The van der Waals surface area contributed by atoms with E-state index in [1.54, 1.807) is 17.2 Å². The minimum absolute atomic E-state index is 0. The molecule has 1 aromatic carbocycles. The van der Waals surface area contributed by atoms with Crippen molar-refractivity contribution in [2.75, 3.05) is 26.2 Å². The molecular weight excluding hydrogens is 495 g/mol. The van der Waals surface area contributed by atoms with Crippen LogP contribution in [0.25, 0.3) is 0 Å². The van der Waals surface area contributed by atoms with Crippen molar-refractivity contribution in [3.8, 4) is 0 Å². The molecule has 0 bridgehead atoms. The molecule has 36 heavy (non-hydrogen) atoms. The van der Waals surface area contributed by atoms with E-state index in [4.69, 9.17) is 5.73 Å². The maximum atomic E-state index is 13.7. The van der Waals surface area contributed by atoms with Crippen molar-refractivity contribution in [3.05, 3.63) is 52.8 Å². The molecule has 2 saturated heterocycles. The predicted octanol–water partition coefficient (Wildman–Crippen LogP) is 4.30. The molecule has 3 aliphatic rings. The van der Waals surface area contributed by atoms with E-state index in [9.17, 15) is 22.8 Å². The number of nitrogens with zero attached hydrogens (tertiary/aromatic N) is 4. The number of aromatic nitrogens is 2. The number of halogens is 4. The van der Waals surface area contributed by atoms with E-state index in [1.165, 1.54) is 12.1 Å². The molecule has 7 nitrogen and oxygen atoms in total. The first kappa shape index (κ1) is 26.5. The van der Waals surface area contributed by atoms with Gasteiger partial charge < -0.3 is 10.6 Å². The quantitative estimate of drug-likeness (QED) is 0.609.